The van der Waals surface area contributed by atoms with Gasteiger partial charge >= 0.3 is 0 Å². The molecule has 0 aromatic heterocycles. The zero-order chi connectivity index (χ0) is 16.9. The quantitative estimate of drug-likeness (QED) is 0.528. The Kier molecular flexibility index (Phi) is 7.02. The van der Waals surface area contributed by atoms with E-state index in [0.29, 0.717) is 11.0 Å². The lowest BCUT2D eigenvalue weighted by atomic mass is 9.85. The van der Waals surface area contributed by atoms with Gasteiger partial charge in [-0.15, -0.1) is 0 Å². The second-order valence-electron chi connectivity index (χ2n) is 8.04. The van der Waals surface area contributed by atoms with Gasteiger partial charge in [0.15, 0.2) is 5.78 Å². The topological polar surface area (TPSA) is 32.3 Å². The van der Waals surface area contributed by atoms with Crippen molar-refractivity contribution in [3.63, 3.8) is 0 Å². The summed E-state index contributed by atoms with van der Waals surface area (Å²) >= 11 is 5.53. The highest BCUT2D eigenvalue weighted by atomic mass is 32.1. The maximum Gasteiger partial charge on any atom is 0.195 e. The van der Waals surface area contributed by atoms with Gasteiger partial charge < -0.3 is 4.90 Å². The van der Waals surface area contributed by atoms with Crippen LogP contribution in [0.25, 0.3) is 0 Å². The molecule has 2 fully saturated rings. The van der Waals surface area contributed by atoms with Crippen LogP contribution in [0.1, 0.15) is 78.6 Å². The van der Waals surface area contributed by atoms with Crippen LogP contribution in [0.5, 0.6) is 0 Å². The number of carbonyl (C=O) groups is 1. The molecule has 3 nitrogen and oxygen atoms in total. The van der Waals surface area contributed by atoms with Gasteiger partial charge in [0, 0.05) is 18.0 Å². The van der Waals surface area contributed by atoms with Crippen molar-refractivity contribution in [3.05, 3.63) is 0 Å². The molecule has 1 N–H and O–H groups in total. The average molecular weight is 339 g/mol. The number of nitrogens with zero attached hydrogens (tertiary/aromatic N) is 1. The Balaban J connectivity index is 1.77. The molecule has 1 heterocycles. The number of hydrogen-bond acceptors (Lipinski definition) is 3. The predicted octanol–water partition coefficient (Wildman–Crippen LogP) is 4.30. The largest absolute Gasteiger partial charge is 0.343 e. The highest BCUT2D eigenvalue weighted by Crippen LogP contribution is 2.30. The van der Waals surface area contributed by atoms with Crippen LogP contribution in [0.4, 0.5) is 0 Å². The van der Waals surface area contributed by atoms with Crippen molar-refractivity contribution in [2.75, 3.05) is 13.2 Å². The number of hydrogen-bond donors (Lipinski definition) is 1. The van der Waals surface area contributed by atoms with E-state index >= 15 is 0 Å². The summed E-state index contributed by atoms with van der Waals surface area (Å²) in [6.45, 7) is 7.76. The first-order chi connectivity index (χ1) is 11.0. The van der Waals surface area contributed by atoms with Gasteiger partial charge in [-0.25, -0.2) is 0 Å². The molecule has 0 aromatic rings. The molecule has 1 aliphatic heterocycles. The molecule has 1 unspecified atom stereocenters. The summed E-state index contributed by atoms with van der Waals surface area (Å²) in [6, 6.07) is 0.405. The lowest BCUT2D eigenvalue weighted by Gasteiger charge is -2.30. The third-order valence-corrected chi connectivity index (χ3v) is 6.35. The highest BCUT2D eigenvalue weighted by molar-refractivity contribution is 7.82. The summed E-state index contributed by atoms with van der Waals surface area (Å²) in [7, 11) is 0. The van der Waals surface area contributed by atoms with E-state index < -0.39 is 0 Å². The van der Waals surface area contributed by atoms with E-state index in [0.717, 1.165) is 32.0 Å². The van der Waals surface area contributed by atoms with E-state index in [2.05, 4.69) is 17.1 Å². The Hall–Kier alpha value is -0.480. The lowest BCUT2D eigenvalue weighted by Crippen LogP contribution is -2.44. The molecule has 4 heteroatoms. The average Bonchev–Trinajstić information content (AvgIpc) is 3.21. The summed E-state index contributed by atoms with van der Waals surface area (Å²) in [5.41, 5.74) is -0.341. The molecule has 0 radical (unpaired) electrons. The van der Waals surface area contributed by atoms with Gasteiger partial charge in [-0.3, -0.25) is 10.1 Å². The SMILES string of the molecule is CCC(C)(C)C(=O)C(=S)N1CNCC1CCCCC1CCCC1. The van der Waals surface area contributed by atoms with Crippen molar-refractivity contribution < 1.29 is 4.79 Å². The van der Waals surface area contributed by atoms with Gasteiger partial charge in [-0.05, 0) is 18.8 Å². The summed E-state index contributed by atoms with van der Waals surface area (Å²) in [5.74, 6) is 1.12. The molecule has 0 amide bonds. The highest BCUT2D eigenvalue weighted by Gasteiger charge is 2.35. The first-order valence-corrected chi connectivity index (χ1v) is 9.92. The van der Waals surface area contributed by atoms with E-state index in [9.17, 15) is 4.79 Å². The van der Waals surface area contributed by atoms with E-state index in [1.807, 2.05) is 13.8 Å². The first kappa shape index (κ1) is 18.9. The Bertz CT molecular complexity index is 416. The third kappa shape index (κ3) is 4.99. The van der Waals surface area contributed by atoms with Crippen LogP contribution in [0, 0.1) is 11.3 Å². The van der Waals surface area contributed by atoms with Crippen LogP contribution in [-0.4, -0.2) is 34.9 Å². The van der Waals surface area contributed by atoms with Gasteiger partial charge in [-0.1, -0.05) is 77.9 Å². The maximum absolute atomic E-state index is 12.6. The number of Topliss-reactive ketones (excluding diaryl/α,β-unsaturated/α-hetero) is 1. The molecule has 23 heavy (non-hydrogen) atoms. The molecule has 0 aromatic carbocycles. The van der Waals surface area contributed by atoms with Crippen LogP contribution >= 0.6 is 12.2 Å². The van der Waals surface area contributed by atoms with E-state index in [4.69, 9.17) is 12.2 Å². The van der Waals surface area contributed by atoms with Gasteiger partial charge in [-0.2, -0.15) is 0 Å². The Morgan fingerprint density at radius 1 is 1.22 bits per heavy atom. The minimum Gasteiger partial charge on any atom is -0.343 e. The zero-order valence-corrected chi connectivity index (χ0v) is 16.0. The number of nitrogens with one attached hydrogen (secondary N) is 1. The minimum atomic E-state index is -0.341. The third-order valence-electron chi connectivity index (χ3n) is 5.93. The molecule has 2 rings (SSSR count). The summed E-state index contributed by atoms with van der Waals surface area (Å²) in [6.07, 6.45) is 11.7. The summed E-state index contributed by atoms with van der Waals surface area (Å²) < 4.78 is 0. The maximum atomic E-state index is 12.6. The fraction of sp³-hybridized carbons (Fsp3) is 0.895. The number of ketones is 1. The fourth-order valence-electron chi connectivity index (χ4n) is 3.78. The molecule has 1 atom stereocenters. The van der Waals surface area contributed by atoms with Crippen molar-refractivity contribution >= 4 is 23.0 Å². The monoisotopic (exact) mass is 338 g/mol. The molecular formula is C19H34N2OS. The van der Waals surface area contributed by atoms with Crippen molar-refractivity contribution in [1.82, 2.24) is 10.2 Å². The van der Waals surface area contributed by atoms with Crippen molar-refractivity contribution in [2.24, 2.45) is 11.3 Å². The van der Waals surface area contributed by atoms with Crippen molar-refractivity contribution in [3.8, 4) is 0 Å². The van der Waals surface area contributed by atoms with E-state index in [1.165, 1.54) is 44.9 Å². The lowest BCUT2D eigenvalue weighted by molar-refractivity contribution is -0.121. The number of unbranched alkanes of at least 4 members (excludes halogenated alkanes) is 1. The number of carbonyl (C=O) groups excluding carboxylic acids is 1. The molecule has 1 saturated heterocycles. The first-order valence-electron chi connectivity index (χ1n) is 9.52. The molecular weight excluding hydrogens is 304 g/mol. The van der Waals surface area contributed by atoms with Crippen LogP contribution in [0.3, 0.4) is 0 Å². The van der Waals surface area contributed by atoms with Crippen molar-refractivity contribution in [1.29, 1.82) is 0 Å². The second kappa shape index (κ2) is 8.57. The standard InChI is InChI=1S/C19H34N2OS/c1-4-19(2,3)17(22)18(23)21-14-20-13-16(21)12-8-7-11-15-9-5-6-10-15/h15-16,20H,4-14H2,1-3H3. The second-order valence-corrected chi connectivity index (χ2v) is 8.43. The van der Waals surface area contributed by atoms with Crippen molar-refractivity contribution in [2.45, 2.75) is 84.6 Å². The number of thiocarbonyl (C=S) groups is 1. The van der Waals surface area contributed by atoms with E-state index in [-0.39, 0.29) is 11.2 Å². The smallest absolute Gasteiger partial charge is 0.195 e. The van der Waals surface area contributed by atoms with Crippen LogP contribution in [0.2, 0.25) is 0 Å². The normalized spacial score (nSPS) is 22.7. The van der Waals surface area contributed by atoms with Gasteiger partial charge in [0.05, 0.1) is 6.67 Å². The van der Waals surface area contributed by atoms with Gasteiger partial charge in [0.2, 0.25) is 0 Å². The molecule has 0 bridgehead atoms. The van der Waals surface area contributed by atoms with Crippen LogP contribution in [0.15, 0.2) is 0 Å². The molecule has 132 valence electrons. The Labute approximate surface area is 147 Å². The zero-order valence-electron chi connectivity index (χ0n) is 15.2. The molecule has 1 saturated carbocycles. The molecule has 2 aliphatic rings. The van der Waals surface area contributed by atoms with Crippen LogP contribution < -0.4 is 5.32 Å². The molecule has 1 aliphatic carbocycles. The number of rotatable bonds is 8. The minimum absolute atomic E-state index is 0.134. The molecule has 0 spiro atoms. The fourth-order valence-corrected chi connectivity index (χ4v) is 4.27. The Morgan fingerprint density at radius 2 is 1.87 bits per heavy atom. The van der Waals surface area contributed by atoms with Gasteiger partial charge in [0.1, 0.15) is 4.99 Å². The van der Waals surface area contributed by atoms with Gasteiger partial charge in [0.25, 0.3) is 0 Å². The predicted molar refractivity (Wildman–Crippen MR) is 101 cm³/mol. The summed E-state index contributed by atoms with van der Waals surface area (Å²) in [5, 5.41) is 3.40. The van der Waals surface area contributed by atoms with E-state index in [1.54, 1.807) is 0 Å². The van der Waals surface area contributed by atoms with Crippen LogP contribution in [-0.2, 0) is 4.79 Å². The Morgan fingerprint density at radius 3 is 2.52 bits per heavy atom. The summed E-state index contributed by atoms with van der Waals surface area (Å²) in [4.78, 5) is 15.3.